The summed E-state index contributed by atoms with van der Waals surface area (Å²) in [7, 11) is 0. The minimum Gasteiger partial charge on any atom is -0.480 e. The molecule has 0 saturated heterocycles. The molecule has 0 spiro atoms. The normalized spacial score (nSPS) is 16.2. The molecule has 0 rings (SSSR count). The lowest BCUT2D eigenvalue weighted by molar-refractivity contribution is -0.141. The Morgan fingerprint density at radius 3 is 2.00 bits per heavy atom. The molecule has 0 heterocycles. The summed E-state index contributed by atoms with van der Waals surface area (Å²) < 4.78 is 0. The summed E-state index contributed by atoms with van der Waals surface area (Å²) >= 11 is 3.88. The van der Waals surface area contributed by atoms with Gasteiger partial charge in [-0.15, -0.1) is 0 Å². The lowest BCUT2D eigenvalue weighted by Gasteiger charge is -2.23. The second-order valence-electron chi connectivity index (χ2n) is 6.42. The first-order chi connectivity index (χ1) is 13.0. The van der Waals surface area contributed by atoms with Gasteiger partial charge in [0, 0.05) is 5.75 Å². The molecule has 0 aromatic carbocycles. The van der Waals surface area contributed by atoms with Crippen molar-refractivity contribution >= 4 is 36.3 Å². The van der Waals surface area contributed by atoms with Crippen LogP contribution in [-0.4, -0.2) is 76.5 Å². The number of carbonyl (C=O) groups excluding carboxylic acids is 3. The minimum atomic E-state index is -1.25. The summed E-state index contributed by atoms with van der Waals surface area (Å²) in [6.45, 7) is 3.14. The van der Waals surface area contributed by atoms with E-state index in [-0.39, 0.29) is 12.2 Å². The first-order valence-electron chi connectivity index (χ1n) is 8.93. The third-order valence-corrected chi connectivity index (χ3v) is 4.32. The summed E-state index contributed by atoms with van der Waals surface area (Å²) in [6, 6.07) is -4.44. The number of aliphatic hydroxyl groups is 1. The van der Waals surface area contributed by atoms with E-state index in [4.69, 9.17) is 16.6 Å². The van der Waals surface area contributed by atoms with E-state index in [1.807, 2.05) is 0 Å². The molecule has 12 heteroatoms. The van der Waals surface area contributed by atoms with E-state index in [1.54, 1.807) is 0 Å². The van der Waals surface area contributed by atoms with Gasteiger partial charge in [-0.3, -0.25) is 14.4 Å². The number of thiol groups is 1. The van der Waals surface area contributed by atoms with Crippen LogP contribution in [0.2, 0.25) is 0 Å². The quantitative estimate of drug-likeness (QED) is 0.116. The molecular weight excluding hydrogens is 390 g/mol. The first-order valence-corrected chi connectivity index (χ1v) is 9.56. The molecule has 0 aromatic rings. The molecule has 0 aliphatic rings. The van der Waals surface area contributed by atoms with Crippen molar-refractivity contribution in [3.63, 3.8) is 0 Å². The Kier molecular flexibility index (Phi) is 12.4. The molecule has 28 heavy (non-hydrogen) atoms. The van der Waals surface area contributed by atoms with Crippen LogP contribution in [0.5, 0.6) is 0 Å². The fourth-order valence-corrected chi connectivity index (χ4v) is 2.36. The van der Waals surface area contributed by atoms with Crippen molar-refractivity contribution in [3.05, 3.63) is 0 Å². The van der Waals surface area contributed by atoms with Gasteiger partial charge < -0.3 is 37.6 Å². The zero-order chi connectivity index (χ0) is 21.9. The van der Waals surface area contributed by atoms with Gasteiger partial charge in [-0.05, 0) is 39.7 Å². The number of carboxylic acid groups (broad SMARTS) is 1. The topological polar surface area (TPSA) is 197 Å². The molecule has 3 amide bonds. The Balaban J connectivity index is 5.00. The summed E-state index contributed by atoms with van der Waals surface area (Å²) in [6.07, 6.45) is 0.284. The van der Waals surface area contributed by atoms with Gasteiger partial charge in [0.05, 0.1) is 6.10 Å². The zero-order valence-corrected chi connectivity index (χ0v) is 16.9. The summed E-state index contributed by atoms with van der Waals surface area (Å²) in [5.41, 5.74) is 10.9. The summed E-state index contributed by atoms with van der Waals surface area (Å²) in [4.78, 5) is 47.7. The zero-order valence-electron chi connectivity index (χ0n) is 16.1. The first kappa shape index (κ1) is 26.1. The van der Waals surface area contributed by atoms with Gasteiger partial charge >= 0.3 is 5.97 Å². The molecule has 0 aliphatic carbocycles. The number of hydrogen-bond acceptors (Lipinski definition) is 8. The SMILES string of the molecule is CC(NC(=O)C(N)C(C)O)C(=O)NC(CCCCN)C(=O)NC(CS)C(=O)O. The third-order valence-electron chi connectivity index (χ3n) is 3.95. The van der Waals surface area contributed by atoms with Crippen molar-refractivity contribution in [3.8, 4) is 0 Å². The number of aliphatic hydroxyl groups excluding tert-OH is 1. The van der Waals surface area contributed by atoms with Crippen LogP contribution < -0.4 is 27.4 Å². The maximum absolute atomic E-state index is 12.4. The molecule has 0 saturated carbocycles. The lowest BCUT2D eigenvalue weighted by Crippen LogP contribution is -2.57. The fraction of sp³-hybridized carbons (Fsp3) is 0.750. The molecule has 0 aliphatic heterocycles. The smallest absolute Gasteiger partial charge is 0.327 e. The molecule has 0 radical (unpaired) electrons. The number of unbranched alkanes of at least 4 members (excludes halogenated alkanes) is 1. The molecule has 162 valence electrons. The fourth-order valence-electron chi connectivity index (χ4n) is 2.11. The van der Waals surface area contributed by atoms with Crippen LogP contribution in [0, 0.1) is 0 Å². The number of rotatable bonds is 13. The molecule has 5 unspecified atom stereocenters. The average Bonchev–Trinajstić information content (AvgIpc) is 2.63. The highest BCUT2D eigenvalue weighted by atomic mass is 32.1. The van der Waals surface area contributed by atoms with Crippen molar-refractivity contribution in [1.82, 2.24) is 16.0 Å². The van der Waals surface area contributed by atoms with Gasteiger partial charge in [0.1, 0.15) is 24.2 Å². The highest BCUT2D eigenvalue weighted by Gasteiger charge is 2.28. The number of carbonyl (C=O) groups is 4. The Morgan fingerprint density at radius 1 is 0.964 bits per heavy atom. The maximum atomic E-state index is 12.4. The molecule has 9 N–H and O–H groups in total. The predicted molar refractivity (Wildman–Crippen MR) is 106 cm³/mol. The summed E-state index contributed by atoms with van der Waals surface area (Å²) in [5.74, 6) is -3.41. The third kappa shape index (κ3) is 9.35. The van der Waals surface area contributed by atoms with Gasteiger partial charge in [-0.2, -0.15) is 12.6 Å². The largest absolute Gasteiger partial charge is 0.480 e. The number of amides is 3. The second-order valence-corrected chi connectivity index (χ2v) is 6.79. The molecule has 5 atom stereocenters. The number of nitrogens with two attached hydrogens (primary N) is 2. The second kappa shape index (κ2) is 13.3. The van der Waals surface area contributed by atoms with Crippen LogP contribution in [0.25, 0.3) is 0 Å². The van der Waals surface area contributed by atoms with Crippen LogP contribution in [0.15, 0.2) is 0 Å². The van der Waals surface area contributed by atoms with Crippen molar-refractivity contribution in [2.24, 2.45) is 11.5 Å². The number of aliphatic carboxylic acids is 1. The Morgan fingerprint density at radius 2 is 1.54 bits per heavy atom. The van der Waals surface area contributed by atoms with E-state index in [0.717, 1.165) is 0 Å². The van der Waals surface area contributed by atoms with E-state index < -0.39 is 54.0 Å². The van der Waals surface area contributed by atoms with Gasteiger partial charge in [0.2, 0.25) is 17.7 Å². The van der Waals surface area contributed by atoms with E-state index in [1.165, 1.54) is 13.8 Å². The predicted octanol–water partition coefficient (Wildman–Crippen LogP) is -2.69. The lowest BCUT2D eigenvalue weighted by atomic mass is 10.1. The molecule has 11 nitrogen and oxygen atoms in total. The van der Waals surface area contributed by atoms with E-state index in [2.05, 4.69) is 28.6 Å². The van der Waals surface area contributed by atoms with Gasteiger partial charge in [-0.1, -0.05) is 0 Å². The Bertz CT molecular complexity index is 548. The monoisotopic (exact) mass is 421 g/mol. The minimum absolute atomic E-state index is 0.117. The number of carboxylic acids is 1. The van der Waals surface area contributed by atoms with Crippen molar-refractivity contribution in [1.29, 1.82) is 0 Å². The van der Waals surface area contributed by atoms with Gasteiger partial charge in [-0.25, -0.2) is 4.79 Å². The van der Waals surface area contributed by atoms with E-state index >= 15 is 0 Å². The molecule has 0 fully saturated rings. The number of nitrogens with one attached hydrogen (secondary N) is 3. The highest BCUT2D eigenvalue weighted by molar-refractivity contribution is 7.80. The summed E-state index contributed by atoms with van der Waals surface area (Å²) in [5, 5.41) is 25.5. The van der Waals surface area contributed by atoms with Gasteiger partial charge in [0.15, 0.2) is 0 Å². The molecule has 0 bridgehead atoms. The Hall–Kier alpha value is -1.89. The van der Waals surface area contributed by atoms with Crippen LogP contribution in [0.1, 0.15) is 33.1 Å². The Labute approximate surface area is 169 Å². The highest BCUT2D eigenvalue weighted by Crippen LogP contribution is 2.03. The molecular formula is C16H31N5O6S. The van der Waals surface area contributed by atoms with Crippen LogP contribution in [0.3, 0.4) is 0 Å². The van der Waals surface area contributed by atoms with Crippen molar-refractivity contribution in [2.45, 2.75) is 63.4 Å². The van der Waals surface area contributed by atoms with Crippen LogP contribution in [0.4, 0.5) is 0 Å². The van der Waals surface area contributed by atoms with Crippen LogP contribution >= 0.6 is 12.6 Å². The van der Waals surface area contributed by atoms with Gasteiger partial charge in [0.25, 0.3) is 0 Å². The number of hydrogen-bond donors (Lipinski definition) is 8. The van der Waals surface area contributed by atoms with Crippen molar-refractivity contribution in [2.75, 3.05) is 12.3 Å². The standard InChI is InChI=1S/C16H31N5O6S/c1-8(19-15(25)12(18)9(2)22)13(23)20-10(5-3-4-6-17)14(24)21-11(7-28)16(26)27/h8-12,22,28H,3-7,17-18H2,1-2H3,(H,19,25)(H,20,23)(H,21,24)(H,26,27). The molecule has 0 aromatic heterocycles. The average molecular weight is 422 g/mol. The van der Waals surface area contributed by atoms with E-state index in [9.17, 15) is 24.3 Å². The maximum Gasteiger partial charge on any atom is 0.327 e. The van der Waals surface area contributed by atoms with Crippen molar-refractivity contribution < 1.29 is 29.4 Å². The van der Waals surface area contributed by atoms with Crippen LogP contribution in [-0.2, 0) is 19.2 Å². The van der Waals surface area contributed by atoms with E-state index in [0.29, 0.717) is 19.4 Å².